The zero-order valence-electron chi connectivity index (χ0n) is 18.2. The summed E-state index contributed by atoms with van der Waals surface area (Å²) in [7, 11) is 0. The summed E-state index contributed by atoms with van der Waals surface area (Å²) in [6.45, 7) is 2.27. The molecule has 0 saturated heterocycles. The second kappa shape index (κ2) is 9.66. The third-order valence-corrected chi connectivity index (χ3v) is 8.51. The van der Waals surface area contributed by atoms with E-state index < -0.39 is 0 Å². The Morgan fingerprint density at radius 3 is 2.58 bits per heavy atom. The maximum atomic E-state index is 5.21. The van der Waals surface area contributed by atoms with E-state index in [4.69, 9.17) is 9.97 Å². The molecule has 0 N–H and O–H groups in total. The minimum absolute atomic E-state index is 1.12. The molecule has 0 unspecified atom stereocenters. The summed E-state index contributed by atoms with van der Waals surface area (Å²) in [5.74, 6) is 1.13. The van der Waals surface area contributed by atoms with Gasteiger partial charge in [-0.15, -0.1) is 23.1 Å². The highest BCUT2D eigenvalue weighted by Crippen LogP contribution is 2.43. The van der Waals surface area contributed by atoms with Crippen molar-refractivity contribution in [1.82, 2.24) is 15.0 Å². The van der Waals surface area contributed by atoms with Gasteiger partial charge < -0.3 is 0 Å². The lowest BCUT2D eigenvalue weighted by atomic mass is 9.87. The molecule has 0 aliphatic heterocycles. The van der Waals surface area contributed by atoms with Gasteiger partial charge in [0.2, 0.25) is 0 Å². The van der Waals surface area contributed by atoms with Crippen molar-refractivity contribution in [2.45, 2.75) is 69.7 Å². The third-order valence-electron chi connectivity index (χ3n) is 6.22. The Kier molecular flexibility index (Phi) is 6.51. The van der Waals surface area contributed by atoms with Crippen LogP contribution in [0.5, 0.6) is 0 Å². The highest BCUT2D eigenvalue weighted by molar-refractivity contribution is 7.99. The van der Waals surface area contributed by atoms with Crippen LogP contribution in [0.1, 0.15) is 63.0 Å². The molecule has 5 rings (SSSR count). The minimum atomic E-state index is 1.12. The Labute approximate surface area is 192 Å². The smallest absolute Gasteiger partial charge is 0.127 e. The lowest BCUT2D eigenvalue weighted by Gasteiger charge is -2.20. The molecule has 0 fully saturated rings. The van der Waals surface area contributed by atoms with Gasteiger partial charge in [0.05, 0.1) is 15.9 Å². The van der Waals surface area contributed by atoms with Gasteiger partial charge >= 0.3 is 0 Å². The van der Waals surface area contributed by atoms with Crippen LogP contribution in [0.2, 0.25) is 0 Å². The Morgan fingerprint density at radius 2 is 1.74 bits per heavy atom. The van der Waals surface area contributed by atoms with Gasteiger partial charge in [-0.3, -0.25) is 0 Å². The Hall–Kier alpha value is -1.98. The molecule has 1 aliphatic rings. The molecule has 5 heteroatoms. The van der Waals surface area contributed by atoms with E-state index >= 15 is 0 Å². The van der Waals surface area contributed by atoms with Crippen LogP contribution in [0.4, 0.5) is 0 Å². The molecule has 0 radical (unpaired) electrons. The van der Waals surface area contributed by atoms with Crippen LogP contribution in [-0.4, -0.2) is 20.7 Å². The lowest BCUT2D eigenvalue weighted by Crippen LogP contribution is -2.07. The molecule has 0 bridgehead atoms. The molecule has 3 heterocycles. The molecule has 1 aromatic carbocycles. The number of thiophene rings is 1. The van der Waals surface area contributed by atoms with Crippen LogP contribution in [0.15, 0.2) is 41.7 Å². The van der Waals surface area contributed by atoms with Crippen LogP contribution < -0.4 is 0 Å². The third kappa shape index (κ3) is 4.22. The summed E-state index contributed by atoms with van der Waals surface area (Å²) >= 11 is 3.68. The first kappa shape index (κ1) is 20.9. The van der Waals surface area contributed by atoms with Crippen molar-refractivity contribution in [2.24, 2.45) is 0 Å². The lowest BCUT2D eigenvalue weighted by molar-refractivity contribution is 0.659. The number of nitrogens with zero attached hydrogens (tertiary/aromatic N) is 3. The number of thioether (sulfide) groups is 1. The summed E-state index contributed by atoms with van der Waals surface area (Å²) in [5, 5.41) is 2.43. The maximum Gasteiger partial charge on any atom is 0.127 e. The van der Waals surface area contributed by atoms with Crippen LogP contribution in [-0.2, 0) is 12.8 Å². The molecule has 0 amide bonds. The van der Waals surface area contributed by atoms with E-state index in [9.17, 15) is 0 Å². The summed E-state index contributed by atoms with van der Waals surface area (Å²) in [6.07, 6.45) is 13.1. The van der Waals surface area contributed by atoms with Gasteiger partial charge in [-0.05, 0) is 49.0 Å². The van der Waals surface area contributed by atoms with Crippen molar-refractivity contribution in [1.29, 1.82) is 0 Å². The van der Waals surface area contributed by atoms with E-state index in [1.54, 1.807) is 17.7 Å². The van der Waals surface area contributed by atoms with E-state index in [0.717, 1.165) is 34.0 Å². The SMILES string of the molecule is CCCCCCCSc1ncnc2c1sc1nc(-c3ccccc3)c3c(c12)CCCC3. The first-order valence-electron chi connectivity index (χ1n) is 11.6. The standard InChI is InChI=1S/C26H29N3S2/c1-2-3-4-5-11-16-30-26-24-23(27-17-28-26)21-19-14-9-10-15-20(19)22(29-25(21)31-24)18-12-7-6-8-13-18/h6-8,12-13,17H,2-5,9-11,14-16H2,1H3. The molecule has 160 valence electrons. The van der Waals surface area contributed by atoms with E-state index in [2.05, 4.69) is 42.2 Å². The second-order valence-electron chi connectivity index (χ2n) is 8.39. The van der Waals surface area contributed by atoms with Gasteiger partial charge in [0.25, 0.3) is 0 Å². The van der Waals surface area contributed by atoms with Crippen molar-refractivity contribution in [3.05, 3.63) is 47.8 Å². The second-order valence-corrected chi connectivity index (χ2v) is 10.5. The topological polar surface area (TPSA) is 38.7 Å². The van der Waals surface area contributed by atoms with Crippen LogP contribution in [0.3, 0.4) is 0 Å². The zero-order chi connectivity index (χ0) is 21.0. The number of rotatable bonds is 8. The van der Waals surface area contributed by atoms with Crippen molar-refractivity contribution in [3.8, 4) is 11.3 Å². The summed E-state index contributed by atoms with van der Waals surface area (Å²) in [5.41, 5.74) is 6.44. The number of pyridine rings is 1. The number of aryl methyl sites for hydroxylation is 1. The fourth-order valence-electron chi connectivity index (χ4n) is 4.65. The highest BCUT2D eigenvalue weighted by atomic mass is 32.2. The van der Waals surface area contributed by atoms with Gasteiger partial charge in [-0.1, -0.05) is 62.9 Å². The molecular weight excluding hydrogens is 418 g/mol. The quantitative estimate of drug-likeness (QED) is 0.157. The first-order chi connectivity index (χ1) is 15.4. The molecular formula is C26H29N3S2. The predicted molar refractivity (Wildman–Crippen MR) is 134 cm³/mol. The average Bonchev–Trinajstić information content (AvgIpc) is 3.21. The van der Waals surface area contributed by atoms with Crippen molar-refractivity contribution in [3.63, 3.8) is 0 Å². The van der Waals surface area contributed by atoms with Crippen molar-refractivity contribution >= 4 is 43.5 Å². The maximum absolute atomic E-state index is 5.21. The number of aromatic nitrogens is 3. The van der Waals surface area contributed by atoms with Crippen LogP contribution >= 0.6 is 23.1 Å². The number of unbranched alkanes of at least 4 members (excludes halogenated alkanes) is 4. The molecule has 0 saturated carbocycles. The molecule has 3 aromatic heterocycles. The molecule has 3 nitrogen and oxygen atoms in total. The van der Waals surface area contributed by atoms with E-state index in [-0.39, 0.29) is 0 Å². The van der Waals surface area contributed by atoms with Crippen molar-refractivity contribution < 1.29 is 0 Å². The van der Waals surface area contributed by atoms with Gasteiger partial charge in [0, 0.05) is 10.9 Å². The molecule has 4 aromatic rings. The summed E-state index contributed by atoms with van der Waals surface area (Å²) < 4.78 is 1.22. The molecule has 1 aliphatic carbocycles. The monoisotopic (exact) mass is 447 g/mol. The van der Waals surface area contributed by atoms with Gasteiger partial charge in [-0.25, -0.2) is 15.0 Å². The molecule has 0 atom stereocenters. The zero-order valence-corrected chi connectivity index (χ0v) is 19.8. The summed E-state index contributed by atoms with van der Waals surface area (Å²) in [6, 6.07) is 10.7. The summed E-state index contributed by atoms with van der Waals surface area (Å²) in [4.78, 5) is 15.8. The Bertz CT molecular complexity index is 1180. The number of fused-ring (bicyclic) bond motifs is 5. The van der Waals surface area contributed by atoms with E-state index in [1.807, 2.05) is 11.8 Å². The van der Waals surface area contributed by atoms with Crippen LogP contribution in [0.25, 0.3) is 31.7 Å². The van der Waals surface area contributed by atoms with Gasteiger partial charge in [-0.2, -0.15) is 0 Å². The number of hydrogen-bond acceptors (Lipinski definition) is 5. The average molecular weight is 448 g/mol. The van der Waals surface area contributed by atoms with Gasteiger partial charge in [0.1, 0.15) is 16.2 Å². The van der Waals surface area contributed by atoms with E-state index in [0.29, 0.717) is 0 Å². The fourth-order valence-corrected chi connectivity index (χ4v) is 6.89. The number of benzene rings is 1. The molecule has 0 spiro atoms. The predicted octanol–water partition coefficient (Wildman–Crippen LogP) is 7.85. The van der Waals surface area contributed by atoms with Gasteiger partial charge in [0.15, 0.2) is 0 Å². The molecule has 31 heavy (non-hydrogen) atoms. The fraction of sp³-hybridized carbons (Fsp3) is 0.423. The Balaban J connectivity index is 1.55. The largest absolute Gasteiger partial charge is 0.236 e. The van der Waals surface area contributed by atoms with E-state index in [1.165, 1.54) is 77.4 Å². The number of hydrogen-bond donors (Lipinski definition) is 0. The Morgan fingerprint density at radius 1 is 0.935 bits per heavy atom. The minimum Gasteiger partial charge on any atom is -0.236 e. The normalized spacial score (nSPS) is 13.7. The van der Waals surface area contributed by atoms with Crippen molar-refractivity contribution in [2.75, 3.05) is 5.75 Å². The first-order valence-corrected chi connectivity index (χ1v) is 13.4. The highest BCUT2D eigenvalue weighted by Gasteiger charge is 2.23. The van der Waals surface area contributed by atoms with Crippen LogP contribution in [0, 0.1) is 0 Å².